The van der Waals surface area contributed by atoms with Crippen molar-refractivity contribution in [1.29, 1.82) is 0 Å². The molecule has 0 aromatic carbocycles. The zero-order valence-electron chi connectivity index (χ0n) is 9.59. The van der Waals surface area contributed by atoms with Gasteiger partial charge in [-0.25, -0.2) is 9.71 Å². The van der Waals surface area contributed by atoms with Crippen molar-refractivity contribution >= 4 is 26.7 Å². The highest BCUT2D eigenvalue weighted by Crippen LogP contribution is 2.22. The van der Waals surface area contributed by atoms with E-state index in [1.54, 1.807) is 5.38 Å². The fourth-order valence-electron chi connectivity index (χ4n) is 1.65. The van der Waals surface area contributed by atoms with Crippen LogP contribution < -0.4 is 10.5 Å². The fraction of sp³-hybridized carbons (Fsp3) is 0.667. The number of hydrogen-bond donors (Lipinski definition) is 2. The van der Waals surface area contributed by atoms with E-state index in [0.717, 1.165) is 12.8 Å². The Hall–Kier alpha value is -0.700. The van der Waals surface area contributed by atoms with Crippen LogP contribution in [-0.2, 0) is 10.2 Å². The molecule has 1 aliphatic heterocycles. The molecule has 0 saturated carbocycles. The molecular weight excluding hydrogens is 260 g/mol. The molecule has 3 N–H and O–H groups in total. The van der Waals surface area contributed by atoms with Gasteiger partial charge in [0.2, 0.25) is 0 Å². The van der Waals surface area contributed by atoms with Gasteiger partial charge in [-0.05, 0) is 19.8 Å². The minimum absolute atomic E-state index is 0.184. The molecule has 1 fully saturated rings. The molecule has 6 nitrogen and oxygen atoms in total. The molecule has 0 amide bonds. The monoisotopic (exact) mass is 276 g/mol. The van der Waals surface area contributed by atoms with Crippen molar-refractivity contribution in [3.63, 3.8) is 0 Å². The second-order valence-electron chi connectivity index (χ2n) is 4.08. The lowest BCUT2D eigenvalue weighted by Crippen LogP contribution is -2.33. The average Bonchev–Trinajstić information content (AvgIpc) is 2.85. The second kappa shape index (κ2) is 4.89. The van der Waals surface area contributed by atoms with Gasteiger partial charge in [-0.15, -0.1) is 11.3 Å². The van der Waals surface area contributed by atoms with E-state index in [2.05, 4.69) is 9.71 Å². The molecule has 1 aromatic rings. The van der Waals surface area contributed by atoms with E-state index < -0.39 is 10.2 Å². The van der Waals surface area contributed by atoms with Crippen LogP contribution in [0.3, 0.4) is 0 Å². The lowest BCUT2D eigenvalue weighted by Gasteiger charge is -2.15. The first-order valence-electron chi connectivity index (χ1n) is 5.48. The van der Waals surface area contributed by atoms with Crippen molar-refractivity contribution in [1.82, 2.24) is 9.29 Å². The number of hydrogen-bond acceptors (Lipinski definition) is 5. The first kappa shape index (κ1) is 12.7. The highest BCUT2D eigenvalue weighted by Gasteiger charge is 2.26. The molecular formula is C9H16N4O2S2. The molecule has 1 atom stereocenters. The van der Waals surface area contributed by atoms with Crippen LogP contribution in [0.4, 0.5) is 5.13 Å². The van der Waals surface area contributed by atoms with Crippen LogP contribution in [-0.4, -0.2) is 30.8 Å². The summed E-state index contributed by atoms with van der Waals surface area (Å²) in [6.07, 6.45) is 1.84. The summed E-state index contributed by atoms with van der Waals surface area (Å²) < 4.78 is 27.8. The summed E-state index contributed by atoms with van der Waals surface area (Å²) in [4.78, 5) is 4.14. The number of aromatic nitrogens is 1. The maximum absolute atomic E-state index is 11.9. The molecule has 0 radical (unpaired) electrons. The topological polar surface area (TPSA) is 88.3 Å². The maximum atomic E-state index is 11.9. The molecule has 1 aromatic heterocycles. The molecule has 1 aliphatic rings. The van der Waals surface area contributed by atoms with Crippen molar-refractivity contribution < 1.29 is 8.42 Å². The maximum Gasteiger partial charge on any atom is 0.303 e. The summed E-state index contributed by atoms with van der Waals surface area (Å²) in [6.45, 7) is 2.98. The molecule has 2 heterocycles. The zero-order valence-corrected chi connectivity index (χ0v) is 11.2. The quantitative estimate of drug-likeness (QED) is 0.855. The summed E-state index contributed by atoms with van der Waals surface area (Å²) in [7, 11) is -3.43. The van der Waals surface area contributed by atoms with E-state index >= 15 is 0 Å². The Balaban J connectivity index is 2.08. The van der Waals surface area contributed by atoms with Gasteiger partial charge in [0.1, 0.15) is 0 Å². The highest BCUT2D eigenvalue weighted by atomic mass is 32.2. The number of nitrogens with one attached hydrogen (secondary N) is 1. The standard InChI is InChI=1S/C9H16N4O2S2/c1-7(10)8-6-16-9(11-8)12-17(14,15)13-4-2-3-5-13/h6-7H,2-5,10H2,1H3,(H,11,12). The number of thiazole rings is 1. The number of anilines is 1. The summed E-state index contributed by atoms with van der Waals surface area (Å²) in [5.74, 6) is 0. The van der Waals surface area contributed by atoms with E-state index in [-0.39, 0.29) is 6.04 Å². The van der Waals surface area contributed by atoms with Gasteiger partial charge in [-0.2, -0.15) is 12.7 Å². The van der Waals surface area contributed by atoms with Gasteiger partial charge in [0.15, 0.2) is 5.13 Å². The minimum atomic E-state index is -3.43. The van der Waals surface area contributed by atoms with Gasteiger partial charge in [-0.1, -0.05) is 0 Å². The molecule has 1 saturated heterocycles. The lowest BCUT2D eigenvalue weighted by atomic mass is 10.3. The summed E-state index contributed by atoms with van der Waals surface area (Å²) >= 11 is 1.26. The van der Waals surface area contributed by atoms with Crippen LogP contribution in [0, 0.1) is 0 Å². The predicted octanol–water partition coefficient (Wildman–Crippen LogP) is 0.915. The van der Waals surface area contributed by atoms with Crippen LogP contribution in [0.5, 0.6) is 0 Å². The van der Waals surface area contributed by atoms with Crippen LogP contribution in [0.1, 0.15) is 31.5 Å². The van der Waals surface area contributed by atoms with Crippen LogP contribution >= 0.6 is 11.3 Å². The molecule has 17 heavy (non-hydrogen) atoms. The number of nitrogens with two attached hydrogens (primary N) is 1. The lowest BCUT2D eigenvalue weighted by molar-refractivity contribution is 0.482. The minimum Gasteiger partial charge on any atom is -0.323 e. The zero-order chi connectivity index (χ0) is 12.5. The Bertz CT molecular complexity index is 477. The van der Waals surface area contributed by atoms with Crippen LogP contribution in [0.2, 0.25) is 0 Å². The van der Waals surface area contributed by atoms with Crippen molar-refractivity contribution in [3.05, 3.63) is 11.1 Å². The first-order chi connectivity index (χ1) is 7.99. The number of rotatable bonds is 4. The molecule has 0 spiro atoms. The molecule has 8 heteroatoms. The van der Waals surface area contributed by atoms with Crippen molar-refractivity contribution in [2.75, 3.05) is 17.8 Å². The smallest absolute Gasteiger partial charge is 0.303 e. The SMILES string of the molecule is CC(N)c1csc(NS(=O)(=O)N2CCCC2)n1. The predicted molar refractivity (Wildman–Crippen MR) is 68.1 cm³/mol. The Morgan fingerprint density at radius 3 is 2.71 bits per heavy atom. The highest BCUT2D eigenvalue weighted by molar-refractivity contribution is 7.90. The number of nitrogens with zero attached hydrogens (tertiary/aromatic N) is 2. The van der Waals surface area contributed by atoms with Crippen molar-refractivity contribution in [3.8, 4) is 0 Å². The molecule has 1 unspecified atom stereocenters. The third-order valence-electron chi connectivity index (χ3n) is 2.61. The van der Waals surface area contributed by atoms with Gasteiger partial charge in [-0.3, -0.25) is 0 Å². The van der Waals surface area contributed by atoms with Gasteiger partial charge < -0.3 is 5.73 Å². The van der Waals surface area contributed by atoms with Crippen LogP contribution in [0.25, 0.3) is 0 Å². The third-order valence-corrected chi connectivity index (χ3v) is 5.01. The molecule has 96 valence electrons. The largest absolute Gasteiger partial charge is 0.323 e. The average molecular weight is 276 g/mol. The van der Waals surface area contributed by atoms with E-state index in [9.17, 15) is 8.42 Å². The van der Waals surface area contributed by atoms with E-state index in [0.29, 0.717) is 23.9 Å². The van der Waals surface area contributed by atoms with Crippen LogP contribution in [0.15, 0.2) is 5.38 Å². The molecule has 0 bridgehead atoms. The van der Waals surface area contributed by atoms with Gasteiger partial charge >= 0.3 is 10.2 Å². The van der Waals surface area contributed by atoms with E-state index in [1.807, 2.05) is 6.92 Å². The Kier molecular flexibility index (Phi) is 3.67. The van der Waals surface area contributed by atoms with Crippen molar-refractivity contribution in [2.24, 2.45) is 5.73 Å². The van der Waals surface area contributed by atoms with E-state index in [1.165, 1.54) is 15.6 Å². The van der Waals surface area contributed by atoms with Gasteiger partial charge in [0.05, 0.1) is 5.69 Å². The summed E-state index contributed by atoms with van der Waals surface area (Å²) in [5, 5.41) is 2.15. The molecule has 0 aliphatic carbocycles. The Morgan fingerprint density at radius 2 is 2.18 bits per heavy atom. The second-order valence-corrected chi connectivity index (χ2v) is 6.61. The third kappa shape index (κ3) is 2.95. The normalized spacial score (nSPS) is 19.4. The first-order valence-corrected chi connectivity index (χ1v) is 7.80. The molecule has 2 rings (SSSR count). The fourth-order valence-corrected chi connectivity index (χ4v) is 3.95. The van der Waals surface area contributed by atoms with Gasteiger partial charge in [0, 0.05) is 24.5 Å². The van der Waals surface area contributed by atoms with Crippen molar-refractivity contribution in [2.45, 2.75) is 25.8 Å². The summed E-state index contributed by atoms with van der Waals surface area (Å²) in [6, 6.07) is -0.184. The Labute approximate surface area is 105 Å². The van der Waals surface area contributed by atoms with E-state index in [4.69, 9.17) is 5.73 Å². The Morgan fingerprint density at radius 1 is 1.53 bits per heavy atom. The van der Waals surface area contributed by atoms with Gasteiger partial charge in [0.25, 0.3) is 0 Å². The summed E-state index contributed by atoms with van der Waals surface area (Å²) in [5.41, 5.74) is 6.37.